The summed E-state index contributed by atoms with van der Waals surface area (Å²) in [5.74, 6) is 0. The monoisotopic (exact) mass is 267 g/mol. The largest absolute Gasteiger partial charge is 0.391 e. The number of hydrogen-bond donors (Lipinski definition) is 1. The molecule has 1 aromatic rings. The third kappa shape index (κ3) is 3.18. The average molecular weight is 267 g/mol. The molecule has 0 aliphatic heterocycles. The summed E-state index contributed by atoms with van der Waals surface area (Å²) in [6.07, 6.45) is 3.09. The Labute approximate surface area is 117 Å². The molecule has 0 bridgehead atoms. The van der Waals surface area contributed by atoms with Crippen molar-refractivity contribution in [3.63, 3.8) is 0 Å². The van der Waals surface area contributed by atoms with E-state index in [9.17, 15) is 5.11 Å². The summed E-state index contributed by atoms with van der Waals surface area (Å²) in [4.78, 5) is 2.16. The van der Waals surface area contributed by atoms with Crippen molar-refractivity contribution >= 4 is 0 Å². The van der Waals surface area contributed by atoms with Crippen molar-refractivity contribution in [1.82, 2.24) is 14.7 Å². The van der Waals surface area contributed by atoms with Crippen LogP contribution in [0, 0.1) is 0 Å². The molecule has 0 amide bonds. The van der Waals surface area contributed by atoms with Crippen molar-refractivity contribution in [3.05, 3.63) is 17.5 Å². The topological polar surface area (TPSA) is 41.3 Å². The van der Waals surface area contributed by atoms with Crippen LogP contribution >= 0.6 is 0 Å². The second kappa shape index (κ2) is 6.53. The summed E-state index contributed by atoms with van der Waals surface area (Å²) in [6.45, 7) is 6.39. The molecule has 1 rings (SSSR count). The van der Waals surface area contributed by atoms with Crippen molar-refractivity contribution in [2.45, 2.75) is 58.1 Å². The lowest BCUT2D eigenvalue weighted by molar-refractivity contribution is -0.0134. The Hall–Kier alpha value is -0.870. The molecule has 1 unspecified atom stereocenters. The van der Waals surface area contributed by atoms with Gasteiger partial charge in [-0.1, -0.05) is 20.8 Å². The molecular weight excluding hydrogens is 238 g/mol. The molecule has 0 saturated carbocycles. The van der Waals surface area contributed by atoms with Gasteiger partial charge >= 0.3 is 0 Å². The van der Waals surface area contributed by atoms with Gasteiger partial charge in [0.25, 0.3) is 0 Å². The zero-order valence-corrected chi connectivity index (χ0v) is 13.3. The lowest BCUT2D eigenvalue weighted by atomic mass is 9.83. The Morgan fingerprint density at radius 2 is 1.89 bits per heavy atom. The van der Waals surface area contributed by atoms with Gasteiger partial charge in [0.15, 0.2) is 0 Å². The first kappa shape index (κ1) is 16.2. The Morgan fingerprint density at radius 1 is 1.32 bits per heavy atom. The molecule has 0 fully saturated rings. The van der Waals surface area contributed by atoms with E-state index in [2.05, 4.69) is 50.9 Å². The fourth-order valence-electron chi connectivity index (χ4n) is 2.98. The van der Waals surface area contributed by atoms with E-state index in [1.165, 1.54) is 0 Å². The van der Waals surface area contributed by atoms with Crippen LogP contribution in [0.2, 0.25) is 0 Å². The number of aromatic nitrogens is 2. The highest BCUT2D eigenvalue weighted by Gasteiger charge is 2.37. The van der Waals surface area contributed by atoms with E-state index < -0.39 is 0 Å². The maximum absolute atomic E-state index is 10.7. The minimum atomic E-state index is -0.377. The average Bonchev–Trinajstić information content (AvgIpc) is 2.72. The van der Waals surface area contributed by atoms with Crippen LogP contribution in [-0.2, 0) is 19.9 Å². The zero-order chi connectivity index (χ0) is 14.6. The molecule has 1 N–H and O–H groups in total. The Bertz CT molecular complexity index is 394. The van der Waals surface area contributed by atoms with Gasteiger partial charge < -0.3 is 10.0 Å². The molecule has 19 heavy (non-hydrogen) atoms. The van der Waals surface area contributed by atoms with Crippen LogP contribution in [0.15, 0.2) is 6.07 Å². The predicted octanol–water partition coefficient (Wildman–Crippen LogP) is 2.01. The summed E-state index contributed by atoms with van der Waals surface area (Å²) in [7, 11) is 6.06. The molecule has 0 aromatic carbocycles. The van der Waals surface area contributed by atoms with E-state index in [4.69, 9.17) is 0 Å². The van der Waals surface area contributed by atoms with Crippen molar-refractivity contribution in [2.24, 2.45) is 7.05 Å². The van der Waals surface area contributed by atoms with Gasteiger partial charge in [-0.2, -0.15) is 5.10 Å². The van der Waals surface area contributed by atoms with Gasteiger partial charge in [0.05, 0.1) is 11.8 Å². The highest BCUT2D eigenvalue weighted by atomic mass is 16.3. The van der Waals surface area contributed by atoms with Gasteiger partial charge in [-0.3, -0.25) is 4.68 Å². The summed E-state index contributed by atoms with van der Waals surface area (Å²) < 4.78 is 1.90. The molecule has 4 heteroatoms. The molecule has 0 radical (unpaired) electrons. The van der Waals surface area contributed by atoms with Gasteiger partial charge in [0.2, 0.25) is 0 Å². The Kier molecular flexibility index (Phi) is 5.56. The number of aliphatic hydroxyl groups excluding tert-OH is 1. The van der Waals surface area contributed by atoms with Crippen molar-refractivity contribution in [1.29, 1.82) is 0 Å². The first-order valence-electron chi connectivity index (χ1n) is 7.28. The van der Waals surface area contributed by atoms with Gasteiger partial charge in [0, 0.05) is 24.7 Å². The number of aliphatic hydroxyl groups is 1. The van der Waals surface area contributed by atoms with E-state index in [-0.39, 0.29) is 11.6 Å². The van der Waals surface area contributed by atoms with Crippen LogP contribution in [0.1, 0.15) is 45.0 Å². The minimum absolute atomic E-state index is 0.156. The summed E-state index contributed by atoms with van der Waals surface area (Å²) in [6, 6.07) is 2.11. The SMILES string of the molecule is CCc1cc(CC(O)C(CC)(CC)N(C)C)n(C)n1. The lowest BCUT2D eigenvalue weighted by Crippen LogP contribution is -2.53. The van der Waals surface area contributed by atoms with Crippen LogP contribution < -0.4 is 0 Å². The highest BCUT2D eigenvalue weighted by molar-refractivity contribution is 5.13. The van der Waals surface area contributed by atoms with E-state index in [0.717, 1.165) is 30.7 Å². The number of likely N-dealkylation sites (N-methyl/N-ethyl adjacent to an activating group) is 1. The standard InChI is InChI=1S/C15H29N3O/c1-7-12-10-13(18(6)16-12)11-14(19)15(8-2,9-3)17(4)5/h10,14,19H,7-9,11H2,1-6H3. The maximum Gasteiger partial charge on any atom is 0.0778 e. The number of aryl methyl sites for hydroxylation is 2. The molecule has 0 saturated heterocycles. The van der Waals surface area contributed by atoms with Crippen molar-refractivity contribution in [2.75, 3.05) is 14.1 Å². The quantitative estimate of drug-likeness (QED) is 0.821. The third-order valence-corrected chi connectivity index (χ3v) is 4.53. The van der Waals surface area contributed by atoms with Crippen molar-refractivity contribution in [3.8, 4) is 0 Å². The summed E-state index contributed by atoms with van der Waals surface area (Å²) in [5, 5.41) is 15.2. The number of nitrogens with zero attached hydrogens (tertiary/aromatic N) is 3. The molecule has 1 aromatic heterocycles. The van der Waals surface area contributed by atoms with Crippen LogP contribution in [0.3, 0.4) is 0 Å². The molecule has 0 aliphatic carbocycles. The molecule has 4 nitrogen and oxygen atoms in total. The summed E-state index contributed by atoms with van der Waals surface area (Å²) >= 11 is 0. The maximum atomic E-state index is 10.7. The predicted molar refractivity (Wildman–Crippen MR) is 79.3 cm³/mol. The van der Waals surface area contributed by atoms with Gasteiger partial charge in [-0.05, 0) is 39.4 Å². The minimum Gasteiger partial charge on any atom is -0.391 e. The molecule has 0 aliphatic rings. The van der Waals surface area contributed by atoms with Crippen molar-refractivity contribution < 1.29 is 5.11 Å². The first-order chi connectivity index (χ1) is 8.91. The normalized spacial score (nSPS) is 14.1. The van der Waals surface area contributed by atoms with Crippen LogP contribution in [0.4, 0.5) is 0 Å². The Balaban J connectivity index is 2.93. The summed E-state index contributed by atoms with van der Waals surface area (Å²) in [5.41, 5.74) is 2.04. The molecule has 110 valence electrons. The smallest absolute Gasteiger partial charge is 0.0778 e. The zero-order valence-electron chi connectivity index (χ0n) is 13.3. The third-order valence-electron chi connectivity index (χ3n) is 4.53. The second-order valence-corrected chi connectivity index (χ2v) is 5.53. The van der Waals surface area contributed by atoms with E-state index in [0.29, 0.717) is 6.42 Å². The van der Waals surface area contributed by atoms with Gasteiger partial charge in [0.1, 0.15) is 0 Å². The van der Waals surface area contributed by atoms with E-state index in [1.807, 2.05) is 11.7 Å². The van der Waals surface area contributed by atoms with E-state index in [1.54, 1.807) is 0 Å². The molecular formula is C15H29N3O. The number of rotatable bonds is 7. The number of hydrogen-bond acceptors (Lipinski definition) is 3. The second-order valence-electron chi connectivity index (χ2n) is 5.53. The van der Waals surface area contributed by atoms with Gasteiger partial charge in [-0.15, -0.1) is 0 Å². The van der Waals surface area contributed by atoms with Crippen LogP contribution in [0.25, 0.3) is 0 Å². The fourth-order valence-corrected chi connectivity index (χ4v) is 2.98. The molecule has 1 atom stereocenters. The Morgan fingerprint density at radius 3 is 2.26 bits per heavy atom. The lowest BCUT2D eigenvalue weighted by Gasteiger charge is -2.42. The fraction of sp³-hybridized carbons (Fsp3) is 0.800. The van der Waals surface area contributed by atoms with Crippen LogP contribution in [-0.4, -0.2) is 45.5 Å². The highest BCUT2D eigenvalue weighted by Crippen LogP contribution is 2.28. The van der Waals surface area contributed by atoms with Crippen LogP contribution in [0.5, 0.6) is 0 Å². The van der Waals surface area contributed by atoms with E-state index >= 15 is 0 Å². The van der Waals surface area contributed by atoms with Gasteiger partial charge in [-0.25, -0.2) is 0 Å². The first-order valence-corrected chi connectivity index (χ1v) is 7.28. The molecule has 0 spiro atoms. The molecule has 1 heterocycles.